The van der Waals surface area contributed by atoms with Gasteiger partial charge in [0.15, 0.2) is 11.4 Å². The number of halogens is 1. The normalized spacial score (nSPS) is 21.0. The first-order chi connectivity index (χ1) is 10.9. The molecule has 0 aliphatic carbocycles. The van der Waals surface area contributed by atoms with E-state index in [4.69, 9.17) is 0 Å². The van der Waals surface area contributed by atoms with E-state index in [0.717, 1.165) is 10.2 Å². The molecule has 0 saturated carbocycles. The first-order valence-electron chi connectivity index (χ1n) is 7.39. The molecule has 7 heteroatoms. The molecular formula is C16H18FN3O3. The molecule has 2 unspecified atom stereocenters. The summed E-state index contributed by atoms with van der Waals surface area (Å²) in [5.41, 5.74) is 0.849. The van der Waals surface area contributed by atoms with Gasteiger partial charge in [0.2, 0.25) is 0 Å². The number of carbonyl (C=O) groups excluding carboxylic acids is 1. The van der Waals surface area contributed by atoms with Gasteiger partial charge >= 0.3 is 0 Å². The number of benzene rings is 1. The Kier molecular flexibility index (Phi) is 3.81. The van der Waals surface area contributed by atoms with Crippen LogP contribution in [0.1, 0.15) is 23.0 Å². The highest BCUT2D eigenvalue weighted by Crippen LogP contribution is 2.24. The fraction of sp³-hybridized carbons (Fsp3) is 0.375. The molecule has 6 nitrogen and oxygen atoms in total. The Hall–Kier alpha value is -2.41. The van der Waals surface area contributed by atoms with Crippen LogP contribution in [0.4, 0.5) is 4.39 Å². The molecule has 1 aliphatic rings. The Bertz CT molecular complexity index is 749. The maximum atomic E-state index is 13.9. The lowest BCUT2D eigenvalue weighted by Crippen LogP contribution is -2.30. The fourth-order valence-corrected chi connectivity index (χ4v) is 2.70. The molecule has 1 fully saturated rings. The minimum Gasteiger partial charge on any atom is -0.504 e. The molecule has 1 saturated heterocycles. The van der Waals surface area contributed by atoms with E-state index in [1.54, 1.807) is 12.1 Å². The van der Waals surface area contributed by atoms with Crippen molar-refractivity contribution in [3.63, 3.8) is 0 Å². The van der Waals surface area contributed by atoms with Crippen LogP contribution in [0.3, 0.4) is 0 Å². The number of aliphatic hydroxyl groups excluding tert-OH is 1. The summed E-state index contributed by atoms with van der Waals surface area (Å²) >= 11 is 0. The van der Waals surface area contributed by atoms with E-state index in [-0.39, 0.29) is 29.6 Å². The van der Waals surface area contributed by atoms with Gasteiger partial charge in [0, 0.05) is 19.0 Å². The molecule has 1 aromatic carbocycles. The zero-order chi connectivity index (χ0) is 16.7. The number of β-amino-alcohol motifs (C(OH)–C–C–N with tert-alkyl or cyclic N) is 1. The molecule has 2 atom stereocenters. The quantitative estimate of drug-likeness (QED) is 0.879. The van der Waals surface area contributed by atoms with Crippen LogP contribution in [-0.4, -0.2) is 50.0 Å². The van der Waals surface area contributed by atoms with Gasteiger partial charge in [-0.05, 0) is 24.6 Å². The number of aromatic hydroxyl groups is 1. The van der Waals surface area contributed by atoms with Crippen LogP contribution in [0.2, 0.25) is 0 Å². The van der Waals surface area contributed by atoms with E-state index in [1.165, 1.54) is 17.2 Å². The van der Waals surface area contributed by atoms with Crippen molar-refractivity contribution in [2.45, 2.75) is 20.0 Å². The van der Waals surface area contributed by atoms with E-state index < -0.39 is 17.8 Å². The summed E-state index contributed by atoms with van der Waals surface area (Å²) in [5.74, 6) is -1.32. The smallest absolute Gasteiger partial charge is 0.278 e. The predicted molar refractivity (Wildman–Crippen MR) is 81.0 cm³/mol. The van der Waals surface area contributed by atoms with Crippen molar-refractivity contribution < 1.29 is 19.4 Å². The molecule has 122 valence electrons. The van der Waals surface area contributed by atoms with E-state index in [1.807, 2.05) is 13.8 Å². The second-order valence-corrected chi connectivity index (χ2v) is 6.02. The van der Waals surface area contributed by atoms with Gasteiger partial charge in [-0.2, -0.15) is 5.10 Å². The molecule has 1 aliphatic heterocycles. The third-order valence-electron chi connectivity index (χ3n) is 4.11. The number of hydrogen-bond acceptors (Lipinski definition) is 4. The number of likely N-dealkylation sites (tertiary alicyclic amines) is 1. The van der Waals surface area contributed by atoms with E-state index in [9.17, 15) is 19.4 Å². The Morgan fingerprint density at radius 2 is 2.13 bits per heavy atom. The van der Waals surface area contributed by atoms with Crippen molar-refractivity contribution in [1.29, 1.82) is 0 Å². The van der Waals surface area contributed by atoms with Crippen molar-refractivity contribution >= 4 is 5.91 Å². The lowest BCUT2D eigenvalue weighted by molar-refractivity contribution is 0.0755. The van der Waals surface area contributed by atoms with Gasteiger partial charge in [-0.1, -0.05) is 13.0 Å². The summed E-state index contributed by atoms with van der Waals surface area (Å²) in [6.45, 7) is 4.25. The number of hydrogen-bond donors (Lipinski definition) is 2. The van der Waals surface area contributed by atoms with Gasteiger partial charge in [0.1, 0.15) is 11.5 Å². The monoisotopic (exact) mass is 319 g/mol. The van der Waals surface area contributed by atoms with E-state index in [2.05, 4.69) is 5.10 Å². The summed E-state index contributed by atoms with van der Waals surface area (Å²) in [5, 5.41) is 23.8. The van der Waals surface area contributed by atoms with Gasteiger partial charge < -0.3 is 15.1 Å². The summed E-state index contributed by atoms with van der Waals surface area (Å²) in [6.07, 6.45) is 0.624. The number of carbonyl (C=O) groups is 1. The summed E-state index contributed by atoms with van der Waals surface area (Å²) in [6, 6.07) is 4.52. The van der Waals surface area contributed by atoms with Crippen molar-refractivity contribution in [2.24, 2.45) is 5.92 Å². The molecule has 0 spiro atoms. The third-order valence-corrected chi connectivity index (χ3v) is 4.11. The zero-order valence-corrected chi connectivity index (χ0v) is 12.9. The average molecular weight is 319 g/mol. The minimum absolute atomic E-state index is 0.0302. The highest BCUT2D eigenvalue weighted by molar-refractivity contribution is 5.95. The van der Waals surface area contributed by atoms with Crippen molar-refractivity contribution in [3.05, 3.63) is 41.5 Å². The third kappa shape index (κ3) is 2.79. The topological polar surface area (TPSA) is 78.6 Å². The molecule has 2 aromatic rings. The lowest BCUT2D eigenvalue weighted by Gasteiger charge is -2.13. The Morgan fingerprint density at radius 3 is 2.78 bits per heavy atom. The van der Waals surface area contributed by atoms with E-state index >= 15 is 0 Å². The van der Waals surface area contributed by atoms with Crippen LogP contribution in [0.5, 0.6) is 5.75 Å². The molecule has 3 rings (SSSR count). The highest BCUT2D eigenvalue weighted by Gasteiger charge is 2.33. The number of nitrogens with zero attached hydrogens (tertiary/aromatic N) is 3. The van der Waals surface area contributed by atoms with Crippen LogP contribution in [-0.2, 0) is 0 Å². The molecule has 23 heavy (non-hydrogen) atoms. The lowest BCUT2D eigenvalue weighted by atomic mass is 10.1. The molecule has 2 N–H and O–H groups in total. The second-order valence-electron chi connectivity index (χ2n) is 6.02. The first-order valence-corrected chi connectivity index (χ1v) is 7.39. The standard InChI is InChI=1S/C16H18FN3O3/c1-9-3-4-11(17)12(5-9)20-8-14(22)15(18-20)16(23)19-6-10(2)13(21)7-19/h3-5,8,10,13,21-22H,6-7H2,1-2H3. The van der Waals surface area contributed by atoms with Gasteiger partial charge in [-0.15, -0.1) is 0 Å². The molecular weight excluding hydrogens is 301 g/mol. The Labute approximate surface area is 132 Å². The average Bonchev–Trinajstić information content (AvgIpc) is 3.04. The fourth-order valence-electron chi connectivity index (χ4n) is 2.70. The SMILES string of the molecule is Cc1ccc(F)c(-n2cc(O)c(C(=O)N3CC(C)C(O)C3)n2)c1. The van der Waals surface area contributed by atoms with Crippen LogP contribution in [0.25, 0.3) is 5.69 Å². The van der Waals surface area contributed by atoms with Crippen LogP contribution in [0.15, 0.2) is 24.4 Å². The van der Waals surface area contributed by atoms with Gasteiger partial charge in [0.05, 0.1) is 12.3 Å². The van der Waals surface area contributed by atoms with Crippen molar-refractivity contribution in [1.82, 2.24) is 14.7 Å². The number of amides is 1. The van der Waals surface area contributed by atoms with E-state index in [0.29, 0.717) is 6.54 Å². The number of aryl methyl sites for hydroxylation is 1. The summed E-state index contributed by atoms with van der Waals surface area (Å²) < 4.78 is 15.1. The molecule has 0 radical (unpaired) electrons. The van der Waals surface area contributed by atoms with Crippen LogP contribution >= 0.6 is 0 Å². The maximum absolute atomic E-state index is 13.9. The van der Waals surface area contributed by atoms with Crippen LogP contribution in [0, 0.1) is 18.7 Å². The minimum atomic E-state index is -0.586. The van der Waals surface area contributed by atoms with Crippen LogP contribution < -0.4 is 0 Å². The van der Waals surface area contributed by atoms with Gasteiger partial charge in [0.25, 0.3) is 5.91 Å². The number of aliphatic hydroxyl groups is 1. The maximum Gasteiger partial charge on any atom is 0.278 e. The predicted octanol–water partition coefficient (Wildman–Crippen LogP) is 1.48. The molecule has 1 amide bonds. The number of rotatable bonds is 2. The number of aromatic nitrogens is 2. The largest absolute Gasteiger partial charge is 0.504 e. The summed E-state index contributed by atoms with van der Waals surface area (Å²) in [7, 11) is 0. The van der Waals surface area contributed by atoms with Gasteiger partial charge in [-0.3, -0.25) is 4.79 Å². The second kappa shape index (κ2) is 5.66. The molecule has 1 aromatic heterocycles. The van der Waals surface area contributed by atoms with Gasteiger partial charge in [-0.25, -0.2) is 9.07 Å². The Morgan fingerprint density at radius 1 is 1.39 bits per heavy atom. The van der Waals surface area contributed by atoms with Crippen molar-refractivity contribution in [2.75, 3.05) is 13.1 Å². The molecule has 2 heterocycles. The first kappa shape index (κ1) is 15.5. The van der Waals surface area contributed by atoms with Crippen molar-refractivity contribution in [3.8, 4) is 11.4 Å². The molecule has 0 bridgehead atoms. The highest BCUT2D eigenvalue weighted by atomic mass is 19.1. The zero-order valence-electron chi connectivity index (χ0n) is 12.9. The Balaban J connectivity index is 1.92. The summed E-state index contributed by atoms with van der Waals surface area (Å²) in [4.78, 5) is 13.9.